The number of aryl methyl sites for hydroxylation is 1. The van der Waals surface area contributed by atoms with Crippen molar-refractivity contribution >= 4 is 18.4 Å². The van der Waals surface area contributed by atoms with Crippen LogP contribution in [0.2, 0.25) is 12.1 Å². The SMILES string of the molecule is CCc1ccc[c-]1[Si]1(c2ccccc2)CCCC1.[Cl-].[Cl-].[Cl-].[Ti+4]. The fourth-order valence-corrected chi connectivity index (χ4v) is 9.19. The quantitative estimate of drug-likeness (QED) is 0.352. The van der Waals surface area contributed by atoms with E-state index in [2.05, 4.69) is 55.5 Å². The molecule has 2 aromatic carbocycles. The first-order chi connectivity index (χ1) is 8.87. The summed E-state index contributed by atoms with van der Waals surface area (Å²) in [5, 5.41) is 3.39. The molecule has 1 heterocycles. The summed E-state index contributed by atoms with van der Waals surface area (Å²) in [6, 6.07) is 21.3. The Kier molecular flexibility index (Phi) is 12.3. The second kappa shape index (κ2) is 11.0. The average Bonchev–Trinajstić information content (AvgIpc) is 3.09. The van der Waals surface area contributed by atoms with Gasteiger partial charge in [0, 0.05) is 0 Å². The standard InChI is InChI=1S/C17H21Si.3ClH.Ti/c1-2-15-9-8-12-17(15)18(13-6-7-14-18)16-10-4-3-5-11-16;;;;/h3-5,8-12H,2,6-7,13-14H2,1H3;3*1H;/q-1;;;;+4/p-3. The summed E-state index contributed by atoms with van der Waals surface area (Å²) < 4.78 is 0. The van der Waals surface area contributed by atoms with Crippen molar-refractivity contribution in [1.82, 2.24) is 0 Å². The van der Waals surface area contributed by atoms with Crippen molar-refractivity contribution in [3.8, 4) is 0 Å². The molecule has 0 bridgehead atoms. The summed E-state index contributed by atoms with van der Waals surface area (Å²) >= 11 is 0. The third kappa shape index (κ3) is 4.47. The molecule has 1 aliphatic rings. The van der Waals surface area contributed by atoms with Crippen LogP contribution in [0, 0.1) is 0 Å². The third-order valence-electron chi connectivity index (χ3n) is 4.59. The van der Waals surface area contributed by atoms with Crippen molar-refractivity contribution in [2.75, 3.05) is 0 Å². The Morgan fingerprint density at radius 3 is 2.05 bits per heavy atom. The van der Waals surface area contributed by atoms with Gasteiger partial charge in [-0.1, -0.05) is 73.8 Å². The third-order valence-corrected chi connectivity index (χ3v) is 9.96. The number of hydrogen-bond donors (Lipinski definition) is 0. The molecule has 0 aromatic heterocycles. The zero-order chi connectivity index (χ0) is 12.4. The molecule has 0 atom stereocenters. The molecule has 2 aromatic rings. The summed E-state index contributed by atoms with van der Waals surface area (Å²) in [6.07, 6.45) is 4.04. The molecule has 1 fully saturated rings. The van der Waals surface area contributed by atoms with Crippen molar-refractivity contribution in [1.29, 1.82) is 0 Å². The van der Waals surface area contributed by atoms with E-state index < -0.39 is 8.07 Å². The molecule has 0 nitrogen and oxygen atoms in total. The molecule has 0 unspecified atom stereocenters. The van der Waals surface area contributed by atoms with Crippen molar-refractivity contribution < 1.29 is 58.9 Å². The Balaban J connectivity index is 0. The predicted molar refractivity (Wildman–Crippen MR) is 81.7 cm³/mol. The molecular formula is C17H21Cl3SiTi. The van der Waals surface area contributed by atoms with Crippen LogP contribution in [0.1, 0.15) is 25.3 Å². The minimum atomic E-state index is -1.40. The minimum absolute atomic E-state index is 0. The fraction of sp³-hybridized carbons (Fsp3) is 0.353. The number of rotatable bonds is 3. The molecule has 3 rings (SSSR count). The summed E-state index contributed by atoms with van der Waals surface area (Å²) in [5.74, 6) is 0. The van der Waals surface area contributed by atoms with E-state index in [4.69, 9.17) is 0 Å². The topological polar surface area (TPSA) is 0 Å². The van der Waals surface area contributed by atoms with Crippen LogP contribution in [0.15, 0.2) is 48.5 Å². The van der Waals surface area contributed by atoms with Gasteiger partial charge in [-0.05, 0) is 0 Å². The number of hydrogen-bond acceptors (Lipinski definition) is 0. The fourth-order valence-electron chi connectivity index (χ4n) is 3.68. The first-order valence-electron chi connectivity index (χ1n) is 7.17. The Morgan fingerprint density at radius 2 is 1.50 bits per heavy atom. The van der Waals surface area contributed by atoms with E-state index in [0.717, 1.165) is 0 Å². The minimum Gasteiger partial charge on any atom is -1.00 e. The maximum Gasteiger partial charge on any atom is 4.00 e. The molecule has 0 saturated carbocycles. The first kappa shape index (κ1) is 24.6. The second-order valence-electron chi connectivity index (χ2n) is 5.47. The van der Waals surface area contributed by atoms with Gasteiger partial charge in [-0.25, -0.2) is 12.1 Å². The van der Waals surface area contributed by atoms with Gasteiger partial charge < -0.3 is 37.2 Å². The van der Waals surface area contributed by atoms with Crippen LogP contribution < -0.4 is 47.6 Å². The first-order valence-corrected chi connectivity index (χ1v) is 9.59. The maximum atomic E-state index is 2.42. The van der Waals surface area contributed by atoms with Gasteiger partial charge in [-0.3, -0.25) is 0 Å². The number of halogens is 3. The van der Waals surface area contributed by atoms with Crippen LogP contribution in [0.5, 0.6) is 0 Å². The molecule has 0 N–H and O–H groups in total. The van der Waals surface area contributed by atoms with Crippen molar-refractivity contribution in [3.05, 3.63) is 54.1 Å². The van der Waals surface area contributed by atoms with Crippen LogP contribution in [0.4, 0.5) is 0 Å². The van der Waals surface area contributed by atoms with E-state index in [9.17, 15) is 0 Å². The van der Waals surface area contributed by atoms with Gasteiger partial charge >= 0.3 is 21.7 Å². The van der Waals surface area contributed by atoms with E-state index in [1.165, 1.54) is 31.4 Å². The Labute approximate surface area is 169 Å². The van der Waals surface area contributed by atoms with Gasteiger partial charge in [0.05, 0.1) is 8.07 Å². The van der Waals surface area contributed by atoms with Crippen LogP contribution >= 0.6 is 0 Å². The molecule has 0 radical (unpaired) electrons. The average molecular weight is 408 g/mol. The monoisotopic (exact) mass is 406 g/mol. The summed E-state index contributed by atoms with van der Waals surface area (Å²) in [7, 11) is -1.40. The smallest absolute Gasteiger partial charge is 1.00 e. The van der Waals surface area contributed by atoms with Gasteiger partial charge in [0.25, 0.3) is 0 Å². The second-order valence-corrected chi connectivity index (χ2v) is 9.75. The van der Waals surface area contributed by atoms with Crippen LogP contribution in [0.3, 0.4) is 0 Å². The van der Waals surface area contributed by atoms with Crippen molar-refractivity contribution in [2.24, 2.45) is 0 Å². The Bertz CT molecular complexity index is 522. The summed E-state index contributed by atoms with van der Waals surface area (Å²) in [6.45, 7) is 2.29. The molecule has 22 heavy (non-hydrogen) atoms. The number of benzene rings is 1. The predicted octanol–water partition coefficient (Wildman–Crippen LogP) is -5.67. The van der Waals surface area contributed by atoms with Gasteiger partial charge in [0.2, 0.25) is 0 Å². The van der Waals surface area contributed by atoms with E-state index in [1.54, 1.807) is 15.9 Å². The van der Waals surface area contributed by atoms with E-state index >= 15 is 0 Å². The normalized spacial score (nSPS) is 14.8. The zero-order valence-corrected chi connectivity index (χ0v) is 17.6. The van der Waals surface area contributed by atoms with Crippen LogP contribution in [-0.2, 0) is 28.1 Å². The molecule has 0 amide bonds. The Morgan fingerprint density at radius 1 is 0.909 bits per heavy atom. The molecule has 1 aliphatic heterocycles. The molecular weight excluding hydrogens is 386 g/mol. The van der Waals surface area contributed by atoms with Gasteiger partial charge in [-0.2, -0.15) is 16.8 Å². The van der Waals surface area contributed by atoms with Crippen molar-refractivity contribution in [2.45, 2.75) is 38.3 Å². The summed E-state index contributed by atoms with van der Waals surface area (Å²) in [5.41, 5.74) is 1.60. The largest absolute Gasteiger partial charge is 4.00 e. The van der Waals surface area contributed by atoms with Crippen molar-refractivity contribution in [3.63, 3.8) is 0 Å². The zero-order valence-electron chi connectivity index (χ0n) is 12.8. The van der Waals surface area contributed by atoms with E-state index in [-0.39, 0.29) is 58.9 Å². The van der Waals surface area contributed by atoms with Gasteiger partial charge in [-0.15, -0.1) is 0 Å². The van der Waals surface area contributed by atoms with Gasteiger partial charge in [0.1, 0.15) is 0 Å². The van der Waals surface area contributed by atoms with Crippen LogP contribution in [-0.4, -0.2) is 8.07 Å². The molecule has 5 heteroatoms. The van der Waals surface area contributed by atoms with Gasteiger partial charge in [0.15, 0.2) is 0 Å². The molecule has 0 aliphatic carbocycles. The van der Waals surface area contributed by atoms with E-state index in [0.29, 0.717) is 0 Å². The maximum absolute atomic E-state index is 2.42. The molecule has 0 spiro atoms. The summed E-state index contributed by atoms with van der Waals surface area (Å²) in [4.78, 5) is 0. The molecule has 1 saturated heterocycles. The molecule has 118 valence electrons. The Hall–Kier alpha value is 0.371. The van der Waals surface area contributed by atoms with E-state index in [1.807, 2.05) is 0 Å². The van der Waals surface area contributed by atoms with Crippen LogP contribution in [0.25, 0.3) is 0 Å².